The van der Waals surface area contributed by atoms with Crippen molar-refractivity contribution in [2.24, 2.45) is 5.92 Å². The van der Waals surface area contributed by atoms with Crippen molar-refractivity contribution in [2.75, 3.05) is 46.0 Å². The molecular formula is C15H31N3O3S. The van der Waals surface area contributed by atoms with E-state index in [2.05, 4.69) is 24.2 Å². The van der Waals surface area contributed by atoms with Gasteiger partial charge in [-0.15, -0.1) is 0 Å². The zero-order valence-electron chi connectivity index (χ0n) is 14.2. The van der Waals surface area contributed by atoms with E-state index >= 15 is 0 Å². The molecule has 1 aliphatic heterocycles. The molecular weight excluding hydrogens is 302 g/mol. The van der Waals surface area contributed by atoms with Crippen molar-refractivity contribution in [1.82, 2.24) is 14.5 Å². The van der Waals surface area contributed by atoms with Crippen LogP contribution in [0.1, 0.15) is 39.0 Å². The van der Waals surface area contributed by atoms with Gasteiger partial charge in [-0.25, -0.2) is 12.7 Å². The van der Waals surface area contributed by atoms with Crippen molar-refractivity contribution in [3.8, 4) is 0 Å². The largest absolute Gasteiger partial charge is 0.356 e. The summed E-state index contributed by atoms with van der Waals surface area (Å²) in [5, 5.41) is 2.98. The second kappa shape index (κ2) is 9.47. The van der Waals surface area contributed by atoms with E-state index in [0.717, 1.165) is 19.5 Å². The summed E-state index contributed by atoms with van der Waals surface area (Å²) in [6, 6.07) is 0. The van der Waals surface area contributed by atoms with Crippen LogP contribution >= 0.6 is 0 Å². The fourth-order valence-electron chi connectivity index (χ4n) is 2.69. The van der Waals surface area contributed by atoms with E-state index in [1.807, 2.05) is 0 Å². The first-order chi connectivity index (χ1) is 10.3. The fraction of sp³-hybridized carbons (Fsp3) is 0.933. The smallest absolute Gasteiger partial charge is 0.223 e. The summed E-state index contributed by atoms with van der Waals surface area (Å²) in [5.41, 5.74) is 0. The van der Waals surface area contributed by atoms with Gasteiger partial charge in [-0.05, 0) is 45.8 Å². The summed E-state index contributed by atoms with van der Waals surface area (Å²) < 4.78 is 24.3. The maximum Gasteiger partial charge on any atom is 0.223 e. The first kappa shape index (κ1) is 19.4. The monoisotopic (exact) mass is 333 g/mol. The van der Waals surface area contributed by atoms with Crippen LogP contribution in [0.4, 0.5) is 0 Å². The van der Waals surface area contributed by atoms with Gasteiger partial charge >= 0.3 is 0 Å². The summed E-state index contributed by atoms with van der Waals surface area (Å²) in [4.78, 5) is 14.4. The third kappa shape index (κ3) is 7.07. The van der Waals surface area contributed by atoms with Gasteiger partial charge in [0.1, 0.15) is 0 Å². The van der Waals surface area contributed by atoms with Crippen LogP contribution in [-0.4, -0.2) is 69.6 Å². The van der Waals surface area contributed by atoms with Crippen LogP contribution in [-0.2, 0) is 14.8 Å². The van der Waals surface area contributed by atoms with Crippen LogP contribution in [0.5, 0.6) is 0 Å². The minimum atomic E-state index is -3.12. The van der Waals surface area contributed by atoms with Crippen molar-refractivity contribution in [2.45, 2.75) is 39.0 Å². The second-order valence-corrected chi connectivity index (χ2v) is 8.22. The minimum absolute atomic E-state index is 0.0455. The van der Waals surface area contributed by atoms with Gasteiger partial charge in [0.25, 0.3) is 0 Å². The second-order valence-electron chi connectivity index (χ2n) is 6.24. The van der Waals surface area contributed by atoms with Gasteiger partial charge in [0.05, 0.1) is 6.26 Å². The van der Waals surface area contributed by atoms with E-state index in [1.165, 1.54) is 23.4 Å². The number of carbonyl (C=O) groups excluding carboxylic acids is 1. The number of hydrogen-bond acceptors (Lipinski definition) is 4. The Hall–Kier alpha value is -0.660. The van der Waals surface area contributed by atoms with Crippen molar-refractivity contribution < 1.29 is 13.2 Å². The lowest BCUT2D eigenvalue weighted by Crippen LogP contribution is -2.43. The molecule has 6 nitrogen and oxygen atoms in total. The molecule has 1 heterocycles. The summed E-state index contributed by atoms with van der Waals surface area (Å²) in [6.07, 6.45) is 5.83. The molecule has 0 radical (unpaired) electrons. The molecule has 0 bridgehead atoms. The number of nitrogens with one attached hydrogen (secondary N) is 1. The van der Waals surface area contributed by atoms with E-state index in [4.69, 9.17) is 0 Å². The highest BCUT2D eigenvalue weighted by Gasteiger charge is 2.28. The highest BCUT2D eigenvalue weighted by atomic mass is 32.2. The van der Waals surface area contributed by atoms with Crippen molar-refractivity contribution in [3.05, 3.63) is 0 Å². The minimum Gasteiger partial charge on any atom is -0.356 e. The molecule has 1 aliphatic rings. The standard InChI is InChI=1S/C15H31N3O3S/c1-4-5-10-17(2)11-6-9-16-15(19)14-7-12-18(13-8-14)22(3,20)21/h14H,4-13H2,1-3H3,(H,16,19). The molecule has 0 aromatic carbocycles. The number of hydrogen-bond donors (Lipinski definition) is 1. The Balaban J connectivity index is 2.16. The zero-order valence-corrected chi connectivity index (χ0v) is 15.0. The van der Waals surface area contributed by atoms with Crippen LogP contribution < -0.4 is 5.32 Å². The Morgan fingerprint density at radius 1 is 1.23 bits per heavy atom. The van der Waals surface area contributed by atoms with Gasteiger partial charge in [0.2, 0.25) is 15.9 Å². The Morgan fingerprint density at radius 3 is 2.36 bits per heavy atom. The Kier molecular flexibility index (Phi) is 8.35. The predicted molar refractivity (Wildman–Crippen MR) is 89.2 cm³/mol. The maximum atomic E-state index is 12.1. The lowest BCUT2D eigenvalue weighted by Gasteiger charge is -2.29. The van der Waals surface area contributed by atoms with Crippen LogP contribution in [0, 0.1) is 5.92 Å². The number of rotatable bonds is 9. The number of amides is 1. The molecule has 1 N–H and O–H groups in total. The number of carbonyl (C=O) groups is 1. The average Bonchev–Trinajstić information content (AvgIpc) is 2.48. The molecule has 1 amide bonds. The Labute approximate surface area is 135 Å². The molecule has 130 valence electrons. The third-order valence-corrected chi connectivity index (χ3v) is 5.51. The predicted octanol–water partition coefficient (Wildman–Crippen LogP) is 0.896. The number of unbranched alkanes of at least 4 members (excludes halogenated alkanes) is 1. The molecule has 0 aliphatic carbocycles. The van der Waals surface area contributed by atoms with Gasteiger partial charge in [0.15, 0.2) is 0 Å². The summed E-state index contributed by atoms with van der Waals surface area (Å²) in [7, 11) is -1.01. The van der Waals surface area contributed by atoms with Gasteiger partial charge < -0.3 is 10.2 Å². The van der Waals surface area contributed by atoms with E-state index in [-0.39, 0.29) is 11.8 Å². The number of piperidine rings is 1. The zero-order chi connectivity index (χ0) is 16.6. The van der Waals surface area contributed by atoms with Gasteiger partial charge in [-0.2, -0.15) is 0 Å². The molecule has 0 unspecified atom stereocenters. The van der Waals surface area contributed by atoms with Crippen LogP contribution in [0.3, 0.4) is 0 Å². The third-order valence-electron chi connectivity index (χ3n) is 4.20. The average molecular weight is 333 g/mol. The molecule has 0 aromatic rings. The Bertz CT molecular complexity index is 431. The van der Waals surface area contributed by atoms with Crippen LogP contribution in [0.25, 0.3) is 0 Å². The highest BCUT2D eigenvalue weighted by Crippen LogP contribution is 2.19. The number of sulfonamides is 1. The lowest BCUT2D eigenvalue weighted by atomic mass is 9.97. The van der Waals surface area contributed by atoms with Gasteiger partial charge in [-0.3, -0.25) is 4.79 Å². The molecule has 0 saturated carbocycles. The first-order valence-corrected chi connectivity index (χ1v) is 10.1. The lowest BCUT2D eigenvalue weighted by molar-refractivity contribution is -0.126. The molecule has 0 aromatic heterocycles. The van der Waals surface area contributed by atoms with E-state index in [9.17, 15) is 13.2 Å². The summed E-state index contributed by atoms with van der Waals surface area (Å²) >= 11 is 0. The van der Waals surface area contributed by atoms with Crippen molar-refractivity contribution >= 4 is 15.9 Å². The normalized spacial score (nSPS) is 17.8. The maximum absolute atomic E-state index is 12.1. The molecule has 1 saturated heterocycles. The molecule has 7 heteroatoms. The fourth-order valence-corrected chi connectivity index (χ4v) is 3.57. The molecule has 0 spiro atoms. The number of nitrogens with zero attached hydrogens (tertiary/aromatic N) is 2. The van der Waals surface area contributed by atoms with Crippen molar-refractivity contribution in [1.29, 1.82) is 0 Å². The van der Waals surface area contributed by atoms with Crippen LogP contribution in [0.2, 0.25) is 0 Å². The van der Waals surface area contributed by atoms with E-state index in [0.29, 0.717) is 32.5 Å². The molecule has 1 rings (SSSR count). The van der Waals surface area contributed by atoms with Gasteiger partial charge in [-0.1, -0.05) is 13.3 Å². The van der Waals surface area contributed by atoms with Crippen molar-refractivity contribution in [3.63, 3.8) is 0 Å². The topological polar surface area (TPSA) is 69.7 Å². The SMILES string of the molecule is CCCCN(C)CCCNC(=O)C1CCN(S(C)(=O)=O)CC1. The van der Waals surface area contributed by atoms with Gasteiger partial charge in [0, 0.05) is 25.6 Å². The quantitative estimate of drug-likeness (QED) is 0.637. The summed E-state index contributed by atoms with van der Waals surface area (Å²) in [6.45, 7) is 5.89. The molecule has 1 fully saturated rings. The summed E-state index contributed by atoms with van der Waals surface area (Å²) in [5.74, 6) is 0.0279. The Morgan fingerprint density at radius 2 is 1.82 bits per heavy atom. The van der Waals surface area contributed by atoms with Crippen LogP contribution in [0.15, 0.2) is 0 Å². The van der Waals surface area contributed by atoms with E-state index < -0.39 is 10.0 Å². The molecule has 0 atom stereocenters. The van der Waals surface area contributed by atoms with E-state index in [1.54, 1.807) is 0 Å². The highest BCUT2D eigenvalue weighted by molar-refractivity contribution is 7.88. The molecule has 22 heavy (non-hydrogen) atoms. The first-order valence-electron chi connectivity index (χ1n) is 8.26.